The van der Waals surface area contributed by atoms with Crippen molar-refractivity contribution < 1.29 is 4.79 Å². The van der Waals surface area contributed by atoms with Crippen molar-refractivity contribution in [3.63, 3.8) is 0 Å². The number of para-hydroxylation sites is 1. The van der Waals surface area contributed by atoms with Gasteiger partial charge in [0.1, 0.15) is 5.82 Å². The average Bonchev–Trinajstić information content (AvgIpc) is 3.28. The first kappa shape index (κ1) is 19.6. The van der Waals surface area contributed by atoms with Crippen LogP contribution in [0.15, 0.2) is 42.6 Å². The molecule has 3 heterocycles. The van der Waals surface area contributed by atoms with Gasteiger partial charge in [0, 0.05) is 35.9 Å². The lowest BCUT2D eigenvalue weighted by molar-refractivity contribution is -0.120. The van der Waals surface area contributed by atoms with E-state index in [1.54, 1.807) is 4.68 Å². The first-order chi connectivity index (χ1) is 14.5. The standard InChI is InChI=1S/C22H25N7O/c1-14-15(2)28-29(16(14)3)21-9-8-20(26-27-21)23-10-11-24-22(30)12-17-13-25-19-7-5-4-6-18(17)19/h4-9,13,25H,10-12H2,1-3H3,(H,23,26)(H,24,30). The number of carbonyl (C=O) groups is 1. The van der Waals surface area contributed by atoms with Gasteiger partial charge >= 0.3 is 0 Å². The van der Waals surface area contributed by atoms with Crippen LogP contribution < -0.4 is 10.6 Å². The highest BCUT2D eigenvalue weighted by Gasteiger charge is 2.11. The third-order valence-electron chi connectivity index (χ3n) is 5.30. The molecule has 1 aromatic carbocycles. The van der Waals surface area contributed by atoms with Crippen LogP contribution in [-0.4, -0.2) is 44.0 Å². The molecule has 4 aromatic rings. The van der Waals surface area contributed by atoms with E-state index in [0.717, 1.165) is 33.4 Å². The number of aromatic nitrogens is 5. The zero-order valence-corrected chi connectivity index (χ0v) is 17.4. The summed E-state index contributed by atoms with van der Waals surface area (Å²) in [6, 6.07) is 11.7. The smallest absolute Gasteiger partial charge is 0.224 e. The van der Waals surface area contributed by atoms with Crippen LogP contribution in [0.1, 0.15) is 22.5 Å². The van der Waals surface area contributed by atoms with E-state index in [9.17, 15) is 4.79 Å². The Labute approximate surface area is 174 Å². The number of aryl methyl sites for hydroxylation is 1. The molecule has 1 amide bonds. The Kier molecular flexibility index (Phi) is 5.47. The van der Waals surface area contributed by atoms with E-state index in [2.05, 4.69) is 30.9 Å². The van der Waals surface area contributed by atoms with Crippen LogP contribution in [0.25, 0.3) is 16.7 Å². The van der Waals surface area contributed by atoms with E-state index < -0.39 is 0 Å². The monoisotopic (exact) mass is 403 g/mol. The third-order valence-corrected chi connectivity index (χ3v) is 5.30. The maximum Gasteiger partial charge on any atom is 0.224 e. The second-order valence-electron chi connectivity index (χ2n) is 7.30. The van der Waals surface area contributed by atoms with Crippen molar-refractivity contribution in [3.05, 3.63) is 65.1 Å². The minimum atomic E-state index is -0.0112. The minimum absolute atomic E-state index is 0.0112. The van der Waals surface area contributed by atoms with Gasteiger partial charge in [-0.25, -0.2) is 4.68 Å². The molecular weight excluding hydrogens is 378 g/mol. The molecule has 8 nitrogen and oxygen atoms in total. The number of amides is 1. The summed E-state index contributed by atoms with van der Waals surface area (Å²) >= 11 is 0. The highest BCUT2D eigenvalue weighted by molar-refractivity contribution is 5.88. The Hall–Kier alpha value is -3.68. The minimum Gasteiger partial charge on any atom is -0.367 e. The van der Waals surface area contributed by atoms with Crippen LogP contribution in [0.4, 0.5) is 5.82 Å². The number of H-pyrrole nitrogens is 1. The molecule has 0 saturated heterocycles. The number of nitrogens with one attached hydrogen (secondary N) is 3. The van der Waals surface area contributed by atoms with Crippen molar-refractivity contribution in [2.45, 2.75) is 27.2 Å². The molecule has 154 valence electrons. The van der Waals surface area contributed by atoms with Gasteiger partial charge in [0.25, 0.3) is 0 Å². The third kappa shape index (κ3) is 4.03. The van der Waals surface area contributed by atoms with Crippen molar-refractivity contribution in [2.75, 3.05) is 18.4 Å². The van der Waals surface area contributed by atoms with Gasteiger partial charge in [0.2, 0.25) is 5.91 Å². The van der Waals surface area contributed by atoms with Gasteiger partial charge in [-0.2, -0.15) is 5.10 Å². The van der Waals surface area contributed by atoms with Crippen LogP contribution in [-0.2, 0) is 11.2 Å². The Balaban J connectivity index is 1.26. The largest absolute Gasteiger partial charge is 0.367 e. The fourth-order valence-electron chi connectivity index (χ4n) is 3.38. The quantitative estimate of drug-likeness (QED) is 0.412. The summed E-state index contributed by atoms with van der Waals surface area (Å²) in [6.07, 6.45) is 2.24. The van der Waals surface area contributed by atoms with Gasteiger partial charge in [0.15, 0.2) is 5.82 Å². The van der Waals surface area contributed by atoms with E-state index >= 15 is 0 Å². The lowest BCUT2D eigenvalue weighted by Gasteiger charge is -2.08. The lowest BCUT2D eigenvalue weighted by Crippen LogP contribution is -2.30. The number of nitrogens with zero attached hydrogens (tertiary/aromatic N) is 4. The first-order valence-electron chi connectivity index (χ1n) is 9.95. The molecule has 0 radical (unpaired) electrons. The number of carbonyl (C=O) groups excluding carboxylic acids is 1. The Morgan fingerprint density at radius 1 is 1.07 bits per heavy atom. The molecule has 0 aliphatic rings. The van der Waals surface area contributed by atoms with Gasteiger partial charge in [-0.15, -0.1) is 10.2 Å². The van der Waals surface area contributed by atoms with E-state index in [1.165, 1.54) is 0 Å². The summed E-state index contributed by atoms with van der Waals surface area (Å²) in [7, 11) is 0. The number of anilines is 1. The molecule has 8 heteroatoms. The number of hydrogen-bond donors (Lipinski definition) is 3. The van der Waals surface area contributed by atoms with Gasteiger partial charge in [-0.05, 0) is 50.1 Å². The molecule has 0 aliphatic heterocycles. The molecule has 0 aliphatic carbocycles. The van der Waals surface area contributed by atoms with Gasteiger partial charge in [-0.1, -0.05) is 18.2 Å². The number of hydrogen-bond acceptors (Lipinski definition) is 5. The zero-order chi connectivity index (χ0) is 21.1. The first-order valence-corrected chi connectivity index (χ1v) is 9.95. The maximum absolute atomic E-state index is 12.2. The normalized spacial score (nSPS) is 11.0. The predicted octanol–water partition coefficient (Wildman–Crippen LogP) is 2.84. The zero-order valence-electron chi connectivity index (χ0n) is 17.4. The second-order valence-corrected chi connectivity index (χ2v) is 7.30. The molecule has 4 rings (SSSR count). The fourth-order valence-corrected chi connectivity index (χ4v) is 3.38. The van der Waals surface area contributed by atoms with Gasteiger partial charge in [0.05, 0.1) is 12.1 Å². The van der Waals surface area contributed by atoms with Crippen LogP contribution in [0, 0.1) is 20.8 Å². The number of rotatable bonds is 7. The molecule has 0 atom stereocenters. The molecular formula is C22H25N7O. The Morgan fingerprint density at radius 2 is 1.90 bits per heavy atom. The summed E-state index contributed by atoms with van der Waals surface area (Å²) in [6.45, 7) is 7.11. The molecule has 0 bridgehead atoms. The number of aromatic amines is 1. The lowest BCUT2D eigenvalue weighted by atomic mass is 10.1. The van der Waals surface area contributed by atoms with Crippen LogP contribution in [0.2, 0.25) is 0 Å². The summed E-state index contributed by atoms with van der Waals surface area (Å²) in [4.78, 5) is 15.4. The van der Waals surface area contributed by atoms with Crippen molar-refractivity contribution in [1.82, 2.24) is 30.3 Å². The maximum atomic E-state index is 12.2. The topological polar surface area (TPSA) is 101 Å². The molecule has 3 aromatic heterocycles. The molecule has 0 unspecified atom stereocenters. The molecule has 30 heavy (non-hydrogen) atoms. The summed E-state index contributed by atoms with van der Waals surface area (Å²) in [5.41, 5.74) is 5.24. The van der Waals surface area contributed by atoms with Crippen LogP contribution in [0.3, 0.4) is 0 Å². The molecule has 0 spiro atoms. The number of benzene rings is 1. The van der Waals surface area contributed by atoms with Crippen LogP contribution >= 0.6 is 0 Å². The number of fused-ring (bicyclic) bond motifs is 1. The Bertz CT molecular complexity index is 1170. The highest BCUT2D eigenvalue weighted by Crippen LogP contribution is 2.18. The molecule has 0 fully saturated rings. The fraction of sp³-hybridized carbons (Fsp3) is 0.273. The van der Waals surface area contributed by atoms with Crippen molar-refractivity contribution in [3.8, 4) is 5.82 Å². The van der Waals surface area contributed by atoms with Crippen molar-refractivity contribution in [2.24, 2.45) is 0 Å². The van der Waals surface area contributed by atoms with Crippen LogP contribution in [0.5, 0.6) is 0 Å². The van der Waals surface area contributed by atoms with E-state index in [4.69, 9.17) is 0 Å². The summed E-state index contributed by atoms with van der Waals surface area (Å²) < 4.78 is 1.80. The SMILES string of the molecule is Cc1nn(-c2ccc(NCCNC(=O)Cc3c[nH]c4ccccc34)nn2)c(C)c1C. The Morgan fingerprint density at radius 3 is 2.63 bits per heavy atom. The summed E-state index contributed by atoms with van der Waals surface area (Å²) in [5.74, 6) is 1.33. The molecule has 0 saturated carbocycles. The second kappa shape index (κ2) is 8.36. The van der Waals surface area contributed by atoms with Gasteiger partial charge in [-0.3, -0.25) is 4.79 Å². The molecule has 3 N–H and O–H groups in total. The summed E-state index contributed by atoms with van der Waals surface area (Å²) in [5, 5.41) is 20.1. The predicted molar refractivity (Wildman–Crippen MR) is 117 cm³/mol. The van der Waals surface area contributed by atoms with Crippen molar-refractivity contribution >= 4 is 22.6 Å². The van der Waals surface area contributed by atoms with E-state index in [1.807, 2.05) is 63.4 Å². The van der Waals surface area contributed by atoms with E-state index in [-0.39, 0.29) is 5.91 Å². The van der Waals surface area contributed by atoms with E-state index in [0.29, 0.717) is 31.1 Å². The average molecular weight is 403 g/mol. The van der Waals surface area contributed by atoms with Gasteiger partial charge < -0.3 is 15.6 Å². The highest BCUT2D eigenvalue weighted by atomic mass is 16.1. The van der Waals surface area contributed by atoms with Crippen molar-refractivity contribution in [1.29, 1.82) is 0 Å².